The molecule has 0 aromatic heterocycles. The van der Waals surface area contributed by atoms with Crippen molar-refractivity contribution in [3.05, 3.63) is 29.3 Å². The number of aryl methyl sites for hydroxylation is 1. The summed E-state index contributed by atoms with van der Waals surface area (Å²) in [7, 11) is 2.91. The third kappa shape index (κ3) is 5.02. The monoisotopic (exact) mass is 295 g/mol. The Morgan fingerprint density at radius 1 is 1.38 bits per heavy atom. The summed E-state index contributed by atoms with van der Waals surface area (Å²) in [4.78, 5) is 11.5. The van der Waals surface area contributed by atoms with Gasteiger partial charge >= 0.3 is 5.97 Å². The number of carbonyl (C=O) groups excluding carboxylic acids is 1. The van der Waals surface area contributed by atoms with Gasteiger partial charge in [-0.25, -0.2) is 0 Å². The number of aliphatic hydroxyl groups is 1. The molecule has 1 rings (SSSR count). The molecule has 5 heteroatoms. The molecule has 5 nitrogen and oxygen atoms in total. The Balaban J connectivity index is 2.99. The summed E-state index contributed by atoms with van der Waals surface area (Å²) in [5, 5.41) is 13.8. The van der Waals surface area contributed by atoms with Gasteiger partial charge in [0.2, 0.25) is 0 Å². The minimum Gasteiger partial charge on any atom is -0.496 e. The molecule has 0 aliphatic heterocycles. The lowest BCUT2D eigenvalue weighted by atomic mass is 9.97. The number of aliphatic hydroxyl groups excluding tert-OH is 1. The smallest absolute Gasteiger partial charge is 0.307 e. The second kappa shape index (κ2) is 8.64. The van der Waals surface area contributed by atoms with Gasteiger partial charge in [-0.2, -0.15) is 0 Å². The van der Waals surface area contributed by atoms with E-state index in [1.165, 1.54) is 7.11 Å². The molecular formula is C16H25NO4. The van der Waals surface area contributed by atoms with Gasteiger partial charge in [-0.15, -0.1) is 0 Å². The summed E-state index contributed by atoms with van der Waals surface area (Å²) in [6.45, 7) is 4.69. The molecule has 21 heavy (non-hydrogen) atoms. The fraction of sp³-hybridized carbons (Fsp3) is 0.562. The number of nitrogens with one attached hydrogen (secondary N) is 1. The number of benzene rings is 1. The fourth-order valence-electron chi connectivity index (χ4n) is 2.19. The van der Waals surface area contributed by atoms with Gasteiger partial charge in [0.05, 0.1) is 26.7 Å². The SMILES string of the molecule is CCCNC(CC(=O)OC)C(O)c1cc(C)ccc1OC. The van der Waals surface area contributed by atoms with Crippen LogP contribution in [-0.2, 0) is 9.53 Å². The van der Waals surface area contributed by atoms with Gasteiger partial charge < -0.3 is 19.9 Å². The highest BCUT2D eigenvalue weighted by Crippen LogP contribution is 2.29. The maximum absolute atomic E-state index is 11.5. The molecule has 0 saturated carbocycles. The largest absolute Gasteiger partial charge is 0.496 e. The fourth-order valence-corrected chi connectivity index (χ4v) is 2.19. The van der Waals surface area contributed by atoms with E-state index in [0.717, 1.165) is 12.0 Å². The first-order chi connectivity index (χ1) is 10.0. The Hall–Kier alpha value is -1.59. The highest BCUT2D eigenvalue weighted by molar-refractivity contribution is 5.70. The zero-order valence-electron chi connectivity index (χ0n) is 13.2. The van der Waals surface area contributed by atoms with Crippen LogP contribution in [0.4, 0.5) is 0 Å². The summed E-state index contributed by atoms with van der Waals surface area (Å²) in [6, 6.07) is 5.21. The Morgan fingerprint density at radius 3 is 2.67 bits per heavy atom. The Labute approximate surface area is 126 Å². The lowest BCUT2D eigenvalue weighted by molar-refractivity contribution is -0.142. The number of ether oxygens (including phenoxy) is 2. The summed E-state index contributed by atoms with van der Waals surface area (Å²) < 4.78 is 10.0. The van der Waals surface area contributed by atoms with Gasteiger partial charge in [-0.05, 0) is 32.0 Å². The molecule has 0 heterocycles. The van der Waals surface area contributed by atoms with E-state index in [1.54, 1.807) is 7.11 Å². The first-order valence-corrected chi connectivity index (χ1v) is 7.16. The van der Waals surface area contributed by atoms with Gasteiger partial charge in [0.15, 0.2) is 0 Å². The third-order valence-corrected chi connectivity index (χ3v) is 3.36. The number of methoxy groups -OCH3 is 2. The standard InChI is InChI=1S/C16H25NO4/c1-5-8-17-13(10-15(18)21-4)16(19)12-9-11(2)6-7-14(12)20-3/h6-7,9,13,16-17,19H,5,8,10H2,1-4H3. The van der Waals surface area contributed by atoms with Gasteiger partial charge in [-0.3, -0.25) is 4.79 Å². The molecule has 2 unspecified atom stereocenters. The van der Waals surface area contributed by atoms with E-state index >= 15 is 0 Å². The van der Waals surface area contributed by atoms with Crippen molar-refractivity contribution in [1.29, 1.82) is 0 Å². The van der Waals surface area contributed by atoms with Gasteiger partial charge in [0.25, 0.3) is 0 Å². The van der Waals surface area contributed by atoms with Crippen LogP contribution >= 0.6 is 0 Å². The normalized spacial score (nSPS) is 13.6. The summed E-state index contributed by atoms with van der Waals surface area (Å²) >= 11 is 0. The van der Waals surface area contributed by atoms with Crippen molar-refractivity contribution < 1.29 is 19.4 Å². The lowest BCUT2D eigenvalue weighted by Gasteiger charge is -2.25. The topological polar surface area (TPSA) is 67.8 Å². The number of hydrogen-bond donors (Lipinski definition) is 2. The Kier molecular flexibility index (Phi) is 7.19. The van der Waals surface area contributed by atoms with Gasteiger partial charge in [0.1, 0.15) is 5.75 Å². The minimum absolute atomic E-state index is 0.106. The first kappa shape index (κ1) is 17.5. The molecule has 2 N–H and O–H groups in total. The van der Waals surface area contributed by atoms with Crippen LogP contribution in [-0.4, -0.2) is 37.9 Å². The number of hydrogen-bond acceptors (Lipinski definition) is 5. The maximum atomic E-state index is 11.5. The predicted octanol–water partition coefficient (Wildman–Crippen LogP) is 1.97. The average molecular weight is 295 g/mol. The van der Waals surface area contributed by atoms with Crippen LogP contribution in [0, 0.1) is 6.92 Å². The van der Waals surface area contributed by atoms with Crippen molar-refractivity contribution in [2.24, 2.45) is 0 Å². The van der Waals surface area contributed by atoms with Gasteiger partial charge in [-0.1, -0.05) is 18.6 Å². The van der Waals surface area contributed by atoms with Crippen molar-refractivity contribution in [1.82, 2.24) is 5.32 Å². The molecular weight excluding hydrogens is 270 g/mol. The molecule has 0 aliphatic rings. The van der Waals surface area contributed by atoms with E-state index in [9.17, 15) is 9.90 Å². The van der Waals surface area contributed by atoms with E-state index in [2.05, 4.69) is 5.32 Å². The molecule has 2 atom stereocenters. The zero-order valence-corrected chi connectivity index (χ0v) is 13.2. The highest BCUT2D eigenvalue weighted by Gasteiger charge is 2.26. The first-order valence-electron chi connectivity index (χ1n) is 7.16. The molecule has 0 radical (unpaired) electrons. The van der Waals surface area contributed by atoms with Crippen molar-refractivity contribution in [2.45, 2.75) is 38.8 Å². The van der Waals surface area contributed by atoms with Crippen LogP contribution in [0.15, 0.2) is 18.2 Å². The maximum Gasteiger partial charge on any atom is 0.307 e. The number of esters is 1. The lowest BCUT2D eigenvalue weighted by Crippen LogP contribution is -2.37. The van der Waals surface area contributed by atoms with Crippen molar-refractivity contribution in [3.63, 3.8) is 0 Å². The third-order valence-electron chi connectivity index (χ3n) is 3.36. The summed E-state index contributed by atoms with van der Waals surface area (Å²) in [5.41, 5.74) is 1.70. The summed E-state index contributed by atoms with van der Waals surface area (Å²) in [5.74, 6) is 0.260. The van der Waals surface area contributed by atoms with Crippen LogP contribution in [0.2, 0.25) is 0 Å². The van der Waals surface area contributed by atoms with Gasteiger partial charge in [0, 0.05) is 11.6 Å². The molecule has 0 saturated heterocycles. The van der Waals surface area contributed by atoms with Crippen molar-refractivity contribution >= 4 is 5.97 Å². The Morgan fingerprint density at radius 2 is 2.10 bits per heavy atom. The molecule has 1 aromatic rings. The quantitative estimate of drug-likeness (QED) is 0.718. The number of rotatable bonds is 8. The Bertz CT molecular complexity index is 462. The van der Waals surface area contributed by atoms with E-state index in [4.69, 9.17) is 9.47 Å². The number of carbonyl (C=O) groups is 1. The zero-order chi connectivity index (χ0) is 15.8. The van der Waals surface area contributed by atoms with Crippen molar-refractivity contribution in [2.75, 3.05) is 20.8 Å². The molecule has 1 aromatic carbocycles. The molecule has 118 valence electrons. The summed E-state index contributed by atoms with van der Waals surface area (Å²) in [6.07, 6.45) is 0.176. The van der Waals surface area contributed by atoms with Crippen LogP contribution in [0.5, 0.6) is 5.75 Å². The highest BCUT2D eigenvalue weighted by atomic mass is 16.5. The average Bonchev–Trinajstić information content (AvgIpc) is 2.50. The molecule has 0 aliphatic carbocycles. The van der Waals surface area contributed by atoms with Crippen LogP contribution < -0.4 is 10.1 Å². The molecule has 0 spiro atoms. The van der Waals surface area contributed by atoms with Crippen LogP contribution in [0.25, 0.3) is 0 Å². The molecule has 0 bridgehead atoms. The van der Waals surface area contributed by atoms with E-state index in [0.29, 0.717) is 17.9 Å². The second-order valence-electron chi connectivity index (χ2n) is 5.03. The van der Waals surface area contributed by atoms with Crippen LogP contribution in [0.1, 0.15) is 37.0 Å². The minimum atomic E-state index is -0.842. The van der Waals surface area contributed by atoms with Crippen LogP contribution in [0.3, 0.4) is 0 Å². The molecule has 0 fully saturated rings. The van der Waals surface area contributed by atoms with Crippen molar-refractivity contribution in [3.8, 4) is 5.75 Å². The predicted molar refractivity (Wildman–Crippen MR) is 81.4 cm³/mol. The van der Waals surface area contributed by atoms with E-state index in [1.807, 2.05) is 32.0 Å². The van der Waals surface area contributed by atoms with E-state index < -0.39 is 12.1 Å². The second-order valence-corrected chi connectivity index (χ2v) is 5.03. The van der Waals surface area contributed by atoms with E-state index in [-0.39, 0.29) is 12.4 Å². The molecule has 0 amide bonds.